The van der Waals surface area contributed by atoms with Crippen LogP contribution in [0.5, 0.6) is 0 Å². The van der Waals surface area contributed by atoms with E-state index in [1.165, 1.54) is 17.3 Å². The van der Waals surface area contributed by atoms with Crippen molar-refractivity contribution >= 4 is 11.8 Å². The molecular formula is C13H17N3OS. The molecule has 0 aliphatic rings. The van der Waals surface area contributed by atoms with Crippen LogP contribution in [0.2, 0.25) is 0 Å². The van der Waals surface area contributed by atoms with Crippen molar-refractivity contribution in [1.29, 1.82) is 0 Å². The second-order valence-electron chi connectivity index (χ2n) is 4.04. The first-order chi connectivity index (χ1) is 8.69. The summed E-state index contributed by atoms with van der Waals surface area (Å²) in [7, 11) is 0. The molecule has 0 bridgehead atoms. The normalized spacial score (nSPS) is 12.6. The molecule has 0 aliphatic heterocycles. The largest absolute Gasteiger partial charge is 0.416 e. The van der Waals surface area contributed by atoms with Crippen molar-refractivity contribution < 1.29 is 4.42 Å². The van der Waals surface area contributed by atoms with E-state index in [2.05, 4.69) is 53.6 Å². The van der Waals surface area contributed by atoms with Gasteiger partial charge in [-0.1, -0.05) is 19.1 Å². The summed E-state index contributed by atoms with van der Waals surface area (Å²) < 4.78 is 5.33. The van der Waals surface area contributed by atoms with E-state index >= 15 is 0 Å². The Labute approximate surface area is 111 Å². The molecule has 96 valence electrons. The van der Waals surface area contributed by atoms with E-state index < -0.39 is 0 Å². The fourth-order valence-electron chi connectivity index (χ4n) is 1.67. The fraction of sp³-hybridized carbons (Fsp3) is 0.385. The molecule has 0 amide bonds. The summed E-state index contributed by atoms with van der Waals surface area (Å²) in [6.07, 6.45) is 0. The summed E-state index contributed by atoms with van der Waals surface area (Å²) in [5.41, 5.74) is 1.28. The van der Waals surface area contributed by atoms with Crippen LogP contribution in [0.1, 0.15) is 31.3 Å². The number of benzene rings is 1. The Kier molecular flexibility index (Phi) is 4.38. The van der Waals surface area contributed by atoms with Crippen LogP contribution in [-0.2, 0) is 0 Å². The lowest BCUT2D eigenvalue weighted by Gasteiger charge is -2.12. The van der Waals surface area contributed by atoms with Crippen molar-refractivity contribution in [2.24, 2.45) is 0 Å². The third kappa shape index (κ3) is 3.34. The quantitative estimate of drug-likeness (QED) is 0.897. The minimum atomic E-state index is 0.375. The SMILES string of the molecule is CCNC(C)c1ccc(Sc2nnc(C)o2)cc1. The van der Waals surface area contributed by atoms with Crippen LogP contribution in [0.3, 0.4) is 0 Å². The van der Waals surface area contributed by atoms with Gasteiger partial charge in [0.25, 0.3) is 5.22 Å². The Morgan fingerprint density at radius 1 is 1.28 bits per heavy atom. The number of hydrogen-bond acceptors (Lipinski definition) is 5. The third-order valence-corrected chi connectivity index (χ3v) is 3.45. The van der Waals surface area contributed by atoms with E-state index in [9.17, 15) is 0 Å². The van der Waals surface area contributed by atoms with Gasteiger partial charge in [0.05, 0.1) is 0 Å². The van der Waals surface area contributed by atoms with Gasteiger partial charge >= 0.3 is 0 Å². The van der Waals surface area contributed by atoms with E-state index in [1.54, 1.807) is 6.92 Å². The predicted molar refractivity (Wildman–Crippen MR) is 71.7 cm³/mol. The zero-order chi connectivity index (χ0) is 13.0. The number of aromatic nitrogens is 2. The second kappa shape index (κ2) is 6.02. The molecule has 5 heteroatoms. The van der Waals surface area contributed by atoms with Gasteiger partial charge in [0, 0.05) is 17.9 Å². The molecule has 2 aromatic rings. The molecule has 0 fully saturated rings. The lowest BCUT2D eigenvalue weighted by atomic mass is 10.1. The van der Waals surface area contributed by atoms with Crippen molar-refractivity contribution in [3.63, 3.8) is 0 Å². The number of hydrogen-bond donors (Lipinski definition) is 1. The summed E-state index contributed by atoms with van der Waals surface area (Å²) in [5, 5.41) is 11.7. The Morgan fingerprint density at radius 2 is 2.00 bits per heavy atom. The molecule has 2 rings (SSSR count). The summed E-state index contributed by atoms with van der Waals surface area (Å²) in [4.78, 5) is 1.10. The summed E-state index contributed by atoms with van der Waals surface area (Å²) in [6.45, 7) is 7.03. The highest BCUT2D eigenvalue weighted by Gasteiger charge is 2.06. The number of aryl methyl sites for hydroxylation is 1. The number of nitrogens with one attached hydrogen (secondary N) is 1. The summed E-state index contributed by atoms with van der Waals surface area (Å²) in [5.74, 6) is 0.592. The molecule has 0 saturated carbocycles. The molecule has 1 N–H and O–H groups in total. The lowest BCUT2D eigenvalue weighted by molar-refractivity contribution is 0.429. The Balaban J connectivity index is 2.03. The van der Waals surface area contributed by atoms with Crippen LogP contribution in [0, 0.1) is 6.92 Å². The summed E-state index contributed by atoms with van der Waals surface area (Å²) in [6, 6.07) is 8.78. The van der Waals surface area contributed by atoms with E-state index in [4.69, 9.17) is 4.42 Å². The van der Waals surface area contributed by atoms with Crippen molar-refractivity contribution in [3.8, 4) is 0 Å². The van der Waals surface area contributed by atoms with Gasteiger partial charge in [-0.3, -0.25) is 0 Å². The molecule has 1 aromatic carbocycles. The predicted octanol–water partition coefficient (Wildman–Crippen LogP) is 3.20. The average molecular weight is 263 g/mol. The molecule has 1 unspecified atom stereocenters. The minimum absolute atomic E-state index is 0.375. The van der Waals surface area contributed by atoms with Gasteiger partial charge in [-0.25, -0.2) is 0 Å². The highest BCUT2D eigenvalue weighted by molar-refractivity contribution is 7.99. The van der Waals surface area contributed by atoms with Crippen molar-refractivity contribution in [1.82, 2.24) is 15.5 Å². The van der Waals surface area contributed by atoms with Crippen molar-refractivity contribution in [2.45, 2.75) is 36.9 Å². The maximum atomic E-state index is 5.33. The first-order valence-electron chi connectivity index (χ1n) is 6.00. The molecule has 0 spiro atoms. The van der Waals surface area contributed by atoms with Gasteiger partial charge in [0.1, 0.15) is 0 Å². The number of nitrogens with zero attached hydrogens (tertiary/aromatic N) is 2. The topological polar surface area (TPSA) is 51.0 Å². The maximum Gasteiger partial charge on any atom is 0.281 e. The standard InChI is InChI=1S/C13H17N3OS/c1-4-14-9(2)11-5-7-12(8-6-11)18-13-16-15-10(3)17-13/h5-9,14H,4H2,1-3H3. The van der Waals surface area contributed by atoms with E-state index in [0.717, 1.165) is 11.4 Å². The molecule has 1 atom stereocenters. The second-order valence-corrected chi connectivity index (χ2v) is 5.06. The van der Waals surface area contributed by atoms with Crippen LogP contribution in [-0.4, -0.2) is 16.7 Å². The monoisotopic (exact) mass is 263 g/mol. The van der Waals surface area contributed by atoms with Crippen LogP contribution in [0.15, 0.2) is 38.8 Å². The molecular weight excluding hydrogens is 246 g/mol. The van der Waals surface area contributed by atoms with E-state index in [-0.39, 0.29) is 0 Å². The molecule has 1 heterocycles. The van der Waals surface area contributed by atoms with Gasteiger partial charge in [-0.15, -0.1) is 10.2 Å². The fourth-order valence-corrected chi connectivity index (χ4v) is 2.39. The van der Waals surface area contributed by atoms with E-state index in [1.807, 2.05) is 0 Å². The summed E-state index contributed by atoms with van der Waals surface area (Å²) >= 11 is 1.48. The first-order valence-corrected chi connectivity index (χ1v) is 6.82. The molecule has 18 heavy (non-hydrogen) atoms. The first kappa shape index (κ1) is 13.1. The molecule has 0 aliphatic carbocycles. The number of rotatable bonds is 5. The minimum Gasteiger partial charge on any atom is -0.416 e. The highest BCUT2D eigenvalue weighted by atomic mass is 32.2. The van der Waals surface area contributed by atoms with Crippen LogP contribution >= 0.6 is 11.8 Å². The van der Waals surface area contributed by atoms with Gasteiger partial charge in [0.2, 0.25) is 5.89 Å². The van der Waals surface area contributed by atoms with Gasteiger partial charge < -0.3 is 9.73 Å². The van der Waals surface area contributed by atoms with Crippen LogP contribution in [0.25, 0.3) is 0 Å². The zero-order valence-electron chi connectivity index (χ0n) is 10.8. The maximum absolute atomic E-state index is 5.33. The van der Waals surface area contributed by atoms with Crippen molar-refractivity contribution in [2.75, 3.05) is 6.54 Å². The average Bonchev–Trinajstić information content (AvgIpc) is 2.76. The Bertz CT molecular complexity index is 495. The van der Waals surface area contributed by atoms with Gasteiger partial charge in [-0.05, 0) is 42.9 Å². The Hall–Kier alpha value is -1.33. The van der Waals surface area contributed by atoms with Crippen molar-refractivity contribution in [3.05, 3.63) is 35.7 Å². The third-order valence-electron chi connectivity index (χ3n) is 2.60. The highest BCUT2D eigenvalue weighted by Crippen LogP contribution is 2.27. The zero-order valence-corrected chi connectivity index (χ0v) is 11.6. The van der Waals surface area contributed by atoms with Gasteiger partial charge in [-0.2, -0.15) is 0 Å². The molecule has 1 aromatic heterocycles. The van der Waals surface area contributed by atoms with Gasteiger partial charge in [0.15, 0.2) is 0 Å². The lowest BCUT2D eigenvalue weighted by Crippen LogP contribution is -2.17. The molecule has 0 radical (unpaired) electrons. The van der Waals surface area contributed by atoms with Crippen LogP contribution < -0.4 is 5.32 Å². The van der Waals surface area contributed by atoms with Crippen LogP contribution in [0.4, 0.5) is 0 Å². The molecule has 4 nitrogen and oxygen atoms in total. The smallest absolute Gasteiger partial charge is 0.281 e. The molecule has 0 saturated heterocycles. The van der Waals surface area contributed by atoms with E-state index in [0.29, 0.717) is 17.2 Å². The Morgan fingerprint density at radius 3 is 2.56 bits per heavy atom.